The van der Waals surface area contributed by atoms with E-state index in [9.17, 15) is 14.4 Å². The van der Waals surface area contributed by atoms with Crippen LogP contribution in [-0.2, 0) is 14.4 Å². The van der Waals surface area contributed by atoms with Gasteiger partial charge >= 0.3 is 0 Å². The first-order chi connectivity index (χ1) is 22.6. The highest BCUT2D eigenvalue weighted by atomic mass is 35.5. The first kappa shape index (κ1) is 32.1. The zero-order chi connectivity index (χ0) is 33.2. The number of aromatic nitrogens is 3. The lowest BCUT2D eigenvalue weighted by Crippen LogP contribution is -2.50. The van der Waals surface area contributed by atoms with Crippen molar-refractivity contribution in [2.24, 2.45) is 4.99 Å². The number of aryl methyl sites for hydroxylation is 2. The van der Waals surface area contributed by atoms with Gasteiger partial charge < -0.3 is 19.9 Å². The fraction of sp³-hybridized carbons (Fsp3) is 0.294. The molecule has 1 saturated heterocycles. The molecule has 2 aromatic heterocycles. The summed E-state index contributed by atoms with van der Waals surface area (Å²) in [6, 6.07) is 13.9. The smallest absolute Gasteiger partial charge is 0.248 e. The van der Waals surface area contributed by atoms with Crippen LogP contribution in [-0.4, -0.2) is 81.3 Å². The second kappa shape index (κ2) is 13.5. The number of amides is 3. The highest BCUT2D eigenvalue weighted by Gasteiger charge is 2.34. The van der Waals surface area contributed by atoms with E-state index >= 15 is 0 Å². The van der Waals surface area contributed by atoms with Crippen LogP contribution in [0, 0.1) is 20.8 Å². The summed E-state index contributed by atoms with van der Waals surface area (Å²) in [5, 5.41) is 13.2. The molecule has 4 heterocycles. The van der Waals surface area contributed by atoms with Crippen molar-refractivity contribution in [2.45, 2.75) is 33.2 Å². The number of hydrogen-bond donors (Lipinski definition) is 1. The first-order valence-electron chi connectivity index (χ1n) is 15.2. The highest BCUT2D eigenvalue weighted by Crippen LogP contribution is 2.39. The van der Waals surface area contributed by atoms with Crippen LogP contribution in [0.25, 0.3) is 5.00 Å². The van der Waals surface area contributed by atoms with Gasteiger partial charge in [0.15, 0.2) is 5.82 Å². The van der Waals surface area contributed by atoms with Gasteiger partial charge in [-0.2, -0.15) is 0 Å². The summed E-state index contributed by atoms with van der Waals surface area (Å²) in [6.07, 6.45) is 2.57. The Morgan fingerprint density at radius 3 is 2.32 bits per heavy atom. The summed E-state index contributed by atoms with van der Waals surface area (Å²) in [4.78, 5) is 48.6. The van der Waals surface area contributed by atoms with Gasteiger partial charge in [0.05, 0.1) is 19.2 Å². The molecule has 47 heavy (non-hydrogen) atoms. The van der Waals surface area contributed by atoms with E-state index in [1.54, 1.807) is 52.5 Å². The lowest BCUT2D eigenvalue weighted by Gasteiger charge is -2.34. The van der Waals surface area contributed by atoms with Gasteiger partial charge in [0.1, 0.15) is 22.6 Å². The zero-order valence-electron chi connectivity index (χ0n) is 26.5. The molecule has 0 unspecified atom stereocenters. The number of fused-ring (bicyclic) bond motifs is 3. The third-order valence-corrected chi connectivity index (χ3v) is 9.85. The molecule has 6 rings (SSSR count). The topological polar surface area (TPSA) is 122 Å². The van der Waals surface area contributed by atoms with Gasteiger partial charge in [0, 0.05) is 65.0 Å². The van der Waals surface area contributed by atoms with Gasteiger partial charge in [-0.25, -0.2) is 0 Å². The molecule has 0 saturated carbocycles. The maximum absolute atomic E-state index is 13.7. The predicted molar refractivity (Wildman–Crippen MR) is 182 cm³/mol. The number of ether oxygens (including phenoxy) is 1. The lowest BCUT2D eigenvalue weighted by atomic mass is 9.99. The summed E-state index contributed by atoms with van der Waals surface area (Å²) >= 11 is 7.88. The molecule has 2 aliphatic rings. The van der Waals surface area contributed by atoms with E-state index in [2.05, 4.69) is 29.4 Å². The molecule has 3 amide bonds. The van der Waals surface area contributed by atoms with Crippen molar-refractivity contribution in [3.63, 3.8) is 0 Å². The SMILES string of the molecule is COc1ccc(NC(=O)/C=C/C(=O)N2CCN(C(=O)C[C@@H]3N=C(c4ccc(Cl)cc4)c4c(sc(C)c4C)-n4c(C)nnc43)CC2)cc1. The van der Waals surface area contributed by atoms with E-state index in [0.29, 0.717) is 48.5 Å². The Balaban J connectivity index is 1.14. The molecule has 1 N–H and O–H groups in total. The molecule has 0 aliphatic carbocycles. The van der Waals surface area contributed by atoms with Gasteiger partial charge in [-0.3, -0.25) is 23.9 Å². The number of piperazine rings is 1. The molecule has 1 fully saturated rings. The second-order valence-corrected chi connectivity index (χ2v) is 13.0. The monoisotopic (exact) mass is 671 g/mol. The van der Waals surface area contributed by atoms with E-state index in [-0.39, 0.29) is 18.2 Å². The molecule has 11 nitrogen and oxygen atoms in total. The number of carbonyl (C=O) groups is 3. The van der Waals surface area contributed by atoms with Gasteiger partial charge in [-0.15, -0.1) is 21.5 Å². The van der Waals surface area contributed by atoms with Crippen LogP contribution in [0.4, 0.5) is 5.69 Å². The first-order valence-corrected chi connectivity index (χ1v) is 16.4. The maximum atomic E-state index is 13.7. The number of hydrogen-bond acceptors (Lipinski definition) is 8. The van der Waals surface area contributed by atoms with Crippen LogP contribution in [0.1, 0.15) is 45.7 Å². The summed E-state index contributed by atoms with van der Waals surface area (Å²) in [5.41, 5.74) is 4.42. The van der Waals surface area contributed by atoms with E-state index in [0.717, 1.165) is 33.2 Å². The van der Waals surface area contributed by atoms with Crippen molar-refractivity contribution in [3.8, 4) is 10.8 Å². The fourth-order valence-electron chi connectivity index (χ4n) is 5.71. The number of aliphatic imine (C=N–C) groups is 1. The van der Waals surface area contributed by atoms with Crippen LogP contribution in [0.3, 0.4) is 0 Å². The fourth-order valence-corrected chi connectivity index (χ4v) is 7.05. The minimum absolute atomic E-state index is 0.0823. The molecule has 0 spiro atoms. The molecule has 1 atom stereocenters. The second-order valence-electron chi connectivity index (χ2n) is 11.4. The number of benzene rings is 2. The number of anilines is 1. The maximum Gasteiger partial charge on any atom is 0.248 e. The van der Waals surface area contributed by atoms with Crippen molar-refractivity contribution in [1.82, 2.24) is 24.6 Å². The van der Waals surface area contributed by atoms with Gasteiger partial charge in [0.25, 0.3) is 0 Å². The summed E-state index contributed by atoms with van der Waals surface area (Å²) in [6.45, 7) is 7.52. The highest BCUT2D eigenvalue weighted by molar-refractivity contribution is 7.15. The quantitative estimate of drug-likeness (QED) is 0.274. The molecular weight excluding hydrogens is 638 g/mol. The van der Waals surface area contributed by atoms with Crippen LogP contribution >= 0.6 is 22.9 Å². The third-order valence-electron chi connectivity index (χ3n) is 8.40. The van der Waals surface area contributed by atoms with Crippen LogP contribution < -0.4 is 10.1 Å². The lowest BCUT2D eigenvalue weighted by molar-refractivity contribution is -0.137. The van der Waals surface area contributed by atoms with Gasteiger partial charge in [-0.1, -0.05) is 23.7 Å². The molecular formula is C34H34ClN7O4S. The molecule has 0 radical (unpaired) electrons. The number of carbonyl (C=O) groups excluding carboxylic acids is 3. The zero-order valence-corrected chi connectivity index (χ0v) is 28.1. The summed E-state index contributed by atoms with van der Waals surface area (Å²) < 4.78 is 7.15. The Morgan fingerprint density at radius 1 is 0.957 bits per heavy atom. The summed E-state index contributed by atoms with van der Waals surface area (Å²) in [5.74, 6) is 1.24. The Morgan fingerprint density at radius 2 is 1.64 bits per heavy atom. The van der Waals surface area contributed by atoms with Gasteiger partial charge in [-0.05, 0) is 62.7 Å². The molecule has 13 heteroatoms. The number of nitrogens with one attached hydrogen (secondary N) is 1. The third kappa shape index (κ3) is 6.70. The average molecular weight is 672 g/mol. The van der Waals surface area contributed by atoms with E-state index in [4.69, 9.17) is 21.3 Å². The Bertz CT molecular complexity index is 1890. The standard InChI is InChI=1S/C34H34ClN7O4S/c1-20-21(2)47-34-31(20)32(23-5-7-24(35)8-6-23)37-27(33-39-38-22(3)42(33)34)19-30(45)41-17-15-40(16-18-41)29(44)14-13-28(43)36-25-9-11-26(46-4)12-10-25/h5-14,27H,15-19H2,1-4H3,(H,36,43)/b14-13+/t27-/m0/s1. The van der Waals surface area contributed by atoms with Crippen molar-refractivity contribution in [3.05, 3.63) is 98.9 Å². The van der Waals surface area contributed by atoms with Crippen molar-refractivity contribution in [1.29, 1.82) is 0 Å². The summed E-state index contributed by atoms with van der Waals surface area (Å²) in [7, 11) is 1.57. The van der Waals surface area contributed by atoms with Crippen LogP contribution in [0.15, 0.2) is 65.7 Å². The minimum atomic E-state index is -0.569. The molecule has 0 bridgehead atoms. The van der Waals surface area contributed by atoms with Crippen molar-refractivity contribution in [2.75, 3.05) is 38.6 Å². The molecule has 242 valence electrons. The number of nitrogens with zero attached hydrogens (tertiary/aromatic N) is 6. The predicted octanol–water partition coefficient (Wildman–Crippen LogP) is 5.06. The van der Waals surface area contributed by atoms with Crippen molar-refractivity contribution >= 4 is 52.1 Å². The van der Waals surface area contributed by atoms with E-state index in [1.165, 1.54) is 17.0 Å². The number of rotatable bonds is 7. The van der Waals surface area contributed by atoms with Crippen LogP contribution in [0.2, 0.25) is 5.02 Å². The Hall–Kier alpha value is -4.81. The molecule has 2 aromatic carbocycles. The normalized spacial score (nSPS) is 15.9. The number of methoxy groups -OCH3 is 1. The average Bonchev–Trinajstić information content (AvgIpc) is 3.56. The molecule has 2 aliphatic heterocycles. The number of thiophene rings is 1. The van der Waals surface area contributed by atoms with Crippen molar-refractivity contribution < 1.29 is 19.1 Å². The Kier molecular flexibility index (Phi) is 9.24. The van der Waals surface area contributed by atoms with Crippen LogP contribution in [0.5, 0.6) is 5.75 Å². The van der Waals surface area contributed by atoms with E-state index in [1.807, 2.05) is 35.8 Å². The minimum Gasteiger partial charge on any atom is -0.497 e. The number of halogens is 1. The van der Waals surface area contributed by atoms with E-state index < -0.39 is 11.9 Å². The van der Waals surface area contributed by atoms with Gasteiger partial charge in [0.2, 0.25) is 17.7 Å². The largest absolute Gasteiger partial charge is 0.497 e. The Labute approximate surface area is 281 Å². The molecule has 4 aromatic rings.